The lowest BCUT2D eigenvalue weighted by atomic mass is 10.5. The second-order valence-electron chi connectivity index (χ2n) is 5.44. The largest absolute Gasteiger partial charge is 0.142 e. The average Bonchev–Trinajstić information content (AvgIpc) is 2.51. The standard InChI is InChI=1S/C13H22ClSSi/c1-9(2)16(10(3)4,11(5)6)13-12(14)7-8-15-13/h7,9-11H,1-6H3. The molecule has 0 bridgehead atoms. The van der Waals surface area contributed by atoms with Crippen LogP contribution in [-0.2, 0) is 0 Å². The van der Waals surface area contributed by atoms with Gasteiger partial charge in [0.2, 0.25) is 0 Å². The van der Waals surface area contributed by atoms with E-state index in [1.54, 1.807) is 11.3 Å². The second kappa shape index (κ2) is 5.24. The fourth-order valence-electron chi connectivity index (χ4n) is 3.34. The van der Waals surface area contributed by atoms with Gasteiger partial charge in [-0.25, -0.2) is 0 Å². The van der Waals surface area contributed by atoms with Crippen LogP contribution in [0, 0.1) is 5.38 Å². The van der Waals surface area contributed by atoms with Crippen molar-refractivity contribution in [1.82, 2.24) is 0 Å². The summed E-state index contributed by atoms with van der Waals surface area (Å²) in [6.45, 7) is 14.2. The molecule has 0 saturated heterocycles. The molecule has 0 saturated carbocycles. The molecule has 16 heavy (non-hydrogen) atoms. The lowest BCUT2D eigenvalue weighted by molar-refractivity contribution is 0.837. The molecule has 1 heterocycles. The predicted octanol–water partition coefficient (Wildman–Crippen LogP) is 5.09. The highest BCUT2D eigenvalue weighted by Crippen LogP contribution is 2.43. The Hall–Kier alpha value is 0.207. The van der Waals surface area contributed by atoms with E-state index >= 15 is 0 Å². The van der Waals surface area contributed by atoms with Crippen LogP contribution >= 0.6 is 22.9 Å². The van der Waals surface area contributed by atoms with Gasteiger partial charge in [0, 0.05) is 9.88 Å². The maximum atomic E-state index is 6.37. The summed E-state index contributed by atoms with van der Waals surface area (Å²) in [4.78, 5) is 0. The molecular weight excluding hydrogens is 252 g/mol. The zero-order valence-electron chi connectivity index (χ0n) is 11.1. The van der Waals surface area contributed by atoms with Crippen LogP contribution in [0.25, 0.3) is 0 Å². The van der Waals surface area contributed by atoms with E-state index < -0.39 is 8.07 Å². The molecule has 0 spiro atoms. The smallest absolute Gasteiger partial charge is 0.109 e. The van der Waals surface area contributed by atoms with Crippen LogP contribution in [0.1, 0.15) is 41.5 Å². The molecule has 1 rings (SSSR count). The topological polar surface area (TPSA) is 0 Å². The Morgan fingerprint density at radius 1 is 1.06 bits per heavy atom. The van der Waals surface area contributed by atoms with E-state index in [-0.39, 0.29) is 0 Å². The first-order valence-corrected chi connectivity index (χ1v) is 9.43. The van der Waals surface area contributed by atoms with Gasteiger partial charge in [-0.2, -0.15) is 0 Å². The summed E-state index contributed by atoms with van der Waals surface area (Å²) in [5, 5.41) is 4.16. The third-order valence-corrected chi connectivity index (χ3v) is 13.2. The zero-order valence-corrected chi connectivity index (χ0v) is 13.7. The highest BCUT2D eigenvalue weighted by Gasteiger charge is 2.46. The van der Waals surface area contributed by atoms with Gasteiger partial charge in [-0.3, -0.25) is 0 Å². The second-order valence-corrected chi connectivity index (χ2v) is 12.9. The molecule has 0 nitrogen and oxygen atoms in total. The third-order valence-electron chi connectivity index (χ3n) is 3.82. The number of rotatable bonds is 4. The van der Waals surface area contributed by atoms with Crippen LogP contribution in [0.4, 0.5) is 0 Å². The van der Waals surface area contributed by atoms with Gasteiger partial charge in [-0.05, 0) is 22.7 Å². The van der Waals surface area contributed by atoms with Gasteiger partial charge in [0.05, 0.1) is 5.02 Å². The van der Waals surface area contributed by atoms with E-state index in [1.807, 2.05) is 6.07 Å². The van der Waals surface area contributed by atoms with Crippen molar-refractivity contribution in [3.63, 3.8) is 0 Å². The molecule has 0 atom stereocenters. The molecule has 1 radical (unpaired) electrons. The van der Waals surface area contributed by atoms with Crippen molar-refractivity contribution in [1.29, 1.82) is 0 Å². The fraction of sp³-hybridized carbons (Fsp3) is 0.692. The normalized spacial score (nSPS) is 13.1. The average molecular weight is 274 g/mol. The van der Waals surface area contributed by atoms with Crippen LogP contribution in [0.3, 0.4) is 0 Å². The monoisotopic (exact) mass is 273 g/mol. The third kappa shape index (κ3) is 2.12. The Balaban J connectivity index is 3.39. The molecule has 1 aromatic rings. The summed E-state index contributed by atoms with van der Waals surface area (Å²) < 4.78 is 1.45. The number of hydrogen-bond acceptors (Lipinski definition) is 1. The van der Waals surface area contributed by atoms with Crippen molar-refractivity contribution in [2.75, 3.05) is 0 Å². The van der Waals surface area contributed by atoms with Crippen LogP contribution in [0.5, 0.6) is 0 Å². The molecule has 0 aromatic carbocycles. The van der Waals surface area contributed by atoms with Crippen LogP contribution in [0.15, 0.2) is 6.07 Å². The first-order valence-electron chi connectivity index (χ1n) is 6.00. The maximum absolute atomic E-state index is 6.37. The molecule has 0 aliphatic heterocycles. The fourth-order valence-corrected chi connectivity index (χ4v) is 13.6. The van der Waals surface area contributed by atoms with Crippen molar-refractivity contribution < 1.29 is 0 Å². The van der Waals surface area contributed by atoms with Gasteiger partial charge in [0.1, 0.15) is 8.07 Å². The quantitative estimate of drug-likeness (QED) is 0.671. The van der Waals surface area contributed by atoms with Crippen molar-refractivity contribution in [2.45, 2.75) is 58.2 Å². The van der Waals surface area contributed by atoms with E-state index in [0.717, 1.165) is 21.6 Å². The van der Waals surface area contributed by atoms with Crippen molar-refractivity contribution in [3.8, 4) is 0 Å². The molecule has 3 heteroatoms. The van der Waals surface area contributed by atoms with E-state index in [1.165, 1.54) is 4.50 Å². The van der Waals surface area contributed by atoms with Gasteiger partial charge in [0.25, 0.3) is 0 Å². The van der Waals surface area contributed by atoms with Crippen molar-refractivity contribution >= 4 is 35.5 Å². The highest BCUT2D eigenvalue weighted by molar-refractivity contribution is 7.27. The predicted molar refractivity (Wildman–Crippen MR) is 78.8 cm³/mol. The minimum atomic E-state index is -1.54. The van der Waals surface area contributed by atoms with Gasteiger partial charge < -0.3 is 0 Å². The van der Waals surface area contributed by atoms with Gasteiger partial charge in [0.15, 0.2) is 0 Å². The first-order chi connectivity index (χ1) is 7.35. The Morgan fingerprint density at radius 2 is 1.50 bits per heavy atom. The van der Waals surface area contributed by atoms with Crippen LogP contribution in [0.2, 0.25) is 21.6 Å². The van der Waals surface area contributed by atoms with E-state index in [2.05, 4.69) is 46.9 Å². The minimum absolute atomic E-state index is 0.719. The summed E-state index contributed by atoms with van der Waals surface area (Å²) in [5.74, 6) is 0. The molecule has 0 aliphatic rings. The van der Waals surface area contributed by atoms with Crippen LogP contribution < -0.4 is 4.50 Å². The molecule has 1 aromatic heterocycles. The van der Waals surface area contributed by atoms with Crippen molar-refractivity contribution in [2.24, 2.45) is 0 Å². The molecule has 0 N–H and O–H groups in total. The number of halogens is 1. The van der Waals surface area contributed by atoms with Crippen molar-refractivity contribution in [3.05, 3.63) is 16.5 Å². The molecular formula is C13H22ClSSi. The minimum Gasteiger partial charge on any atom is -0.142 e. The Kier molecular flexibility index (Phi) is 4.67. The molecule has 0 fully saturated rings. The number of hydrogen-bond donors (Lipinski definition) is 0. The lowest BCUT2D eigenvalue weighted by Crippen LogP contribution is -2.54. The summed E-state index contributed by atoms with van der Waals surface area (Å²) in [7, 11) is -1.54. The summed E-state index contributed by atoms with van der Waals surface area (Å²) >= 11 is 8.12. The maximum Gasteiger partial charge on any atom is 0.109 e. The Morgan fingerprint density at radius 3 is 1.75 bits per heavy atom. The Bertz CT molecular complexity index is 320. The van der Waals surface area contributed by atoms with Crippen LogP contribution in [-0.4, -0.2) is 8.07 Å². The summed E-state index contributed by atoms with van der Waals surface area (Å²) in [6, 6.07) is 1.94. The summed E-state index contributed by atoms with van der Waals surface area (Å²) in [6.07, 6.45) is 0. The molecule has 91 valence electrons. The van der Waals surface area contributed by atoms with Gasteiger partial charge in [-0.15, -0.1) is 11.3 Å². The SMILES string of the molecule is CC(C)[Si](c1s[c]cc1Cl)(C(C)C)C(C)C. The van der Waals surface area contributed by atoms with Gasteiger partial charge >= 0.3 is 0 Å². The molecule has 0 aliphatic carbocycles. The van der Waals surface area contributed by atoms with Gasteiger partial charge in [-0.1, -0.05) is 53.1 Å². The zero-order chi connectivity index (χ0) is 12.5. The molecule has 0 amide bonds. The lowest BCUT2D eigenvalue weighted by Gasteiger charge is -2.42. The number of thiophene rings is 1. The Labute approximate surface area is 110 Å². The van der Waals surface area contributed by atoms with E-state index in [4.69, 9.17) is 11.6 Å². The molecule has 0 unspecified atom stereocenters. The highest BCUT2D eigenvalue weighted by atomic mass is 35.5. The van der Waals surface area contributed by atoms with E-state index in [9.17, 15) is 0 Å². The van der Waals surface area contributed by atoms with E-state index in [0.29, 0.717) is 0 Å². The first kappa shape index (κ1) is 14.3. The summed E-state index contributed by atoms with van der Waals surface area (Å²) in [5.41, 5.74) is 2.16.